The largest absolute Gasteiger partial charge is 0.494 e. The fraction of sp³-hybridized carbons (Fsp3) is 0.581. The Balaban J connectivity index is 1.54. The molecule has 2 aromatic carbocycles. The third kappa shape index (κ3) is 15.8. The summed E-state index contributed by atoms with van der Waals surface area (Å²) in [4.78, 5) is 12.4. The quantitative estimate of drug-likeness (QED) is 0.128. The monoisotopic (exact) mass is 545 g/mol. The van der Waals surface area contributed by atoms with Crippen molar-refractivity contribution in [3.05, 3.63) is 59.7 Å². The summed E-state index contributed by atoms with van der Waals surface area (Å²) in [6.07, 6.45) is 18.0. The van der Waals surface area contributed by atoms with Gasteiger partial charge in [-0.05, 0) is 48.2 Å². The Morgan fingerprint density at radius 1 is 0.789 bits per heavy atom. The molecule has 0 saturated heterocycles. The number of anilines is 1. The van der Waals surface area contributed by atoms with Crippen molar-refractivity contribution in [1.29, 1.82) is 0 Å². The number of unbranched alkanes of at least 4 members (excludes halogenated alkanes) is 11. The molecule has 0 aliphatic carbocycles. The Morgan fingerprint density at radius 2 is 1.39 bits per heavy atom. The molecule has 0 aliphatic rings. The van der Waals surface area contributed by atoms with Gasteiger partial charge in [0.05, 0.1) is 19.5 Å². The summed E-state index contributed by atoms with van der Waals surface area (Å²) in [6, 6.07) is 14.9. The molecule has 2 aromatic rings. The van der Waals surface area contributed by atoms with Crippen LogP contribution in [0.3, 0.4) is 0 Å². The van der Waals surface area contributed by atoms with E-state index < -0.39 is 10.1 Å². The molecule has 0 aromatic heterocycles. The molecule has 0 heterocycles. The molecular weight excluding hydrogens is 498 g/mol. The molecule has 6 nitrogen and oxygen atoms in total. The zero-order valence-electron chi connectivity index (χ0n) is 23.4. The van der Waals surface area contributed by atoms with Crippen molar-refractivity contribution in [1.82, 2.24) is 0 Å². The molecule has 212 valence electrons. The van der Waals surface area contributed by atoms with Crippen LogP contribution in [0.4, 0.5) is 5.69 Å². The number of carbonyl (C=O) groups excluding carboxylic acids is 1. The molecule has 0 atom stereocenters. The van der Waals surface area contributed by atoms with Gasteiger partial charge in [-0.2, -0.15) is 8.42 Å². The maximum Gasteiger partial charge on any atom is 0.264 e. The SMILES string of the molecule is CCCCCCCCCCCCCCOc1ccc(CCC(=O)Nc2cccc(COS(C)(=O)=O)c2)cc1. The van der Waals surface area contributed by atoms with E-state index in [1.165, 1.54) is 70.6 Å². The van der Waals surface area contributed by atoms with Crippen LogP contribution in [0, 0.1) is 0 Å². The first-order valence-electron chi connectivity index (χ1n) is 14.3. The van der Waals surface area contributed by atoms with Crippen molar-refractivity contribution in [2.75, 3.05) is 18.2 Å². The average Bonchev–Trinajstić information content (AvgIpc) is 2.89. The van der Waals surface area contributed by atoms with Crippen molar-refractivity contribution in [2.45, 2.75) is 103 Å². The summed E-state index contributed by atoms with van der Waals surface area (Å²) in [5.74, 6) is 0.771. The van der Waals surface area contributed by atoms with Crippen molar-refractivity contribution in [3.63, 3.8) is 0 Å². The molecule has 0 fully saturated rings. The lowest BCUT2D eigenvalue weighted by Gasteiger charge is -2.09. The van der Waals surface area contributed by atoms with Crippen LogP contribution < -0.4 is 10.1 Å². The lowest BCUT2D eigenvalue weighted by Crippen LogP contribution is -2.12. The maximum atomic E-state index is 12.4. The Bertz CT molecular complexity index is 1020. The number of rotatable bonds is 21. The molecule has 2 rings (SSSR count). The van der Waals surface area contributed by atoms with Gasteiger partial charge in [0.15, 0.2) is 0 Å². The normalized spacial score (nSPS) is 11.4. The van der Waals surface area contributed by atoms with Crippen molar-refractivity contribution < 1.29 is 22.1 Å². The van der Waals surface area contributed by atoms with E-state index in [-0.39, 0.29) is 12.5 Å². The highest BCUT2D eigenvalue weighted by Crippen LogP contribution is 2.17. The van der Waals surface area contributed by atoms with E-state index >= 15 is 0 Å². The van der Waals surface area contributed by atoms with Gasteiger partial charge >= 0.3 is 0 Å². The molecule has 1 N–H and O–H groups in total. The van der Waals surface area contributed by atoms with Crippen LogP contribution in [0.15, 0.2) is 48.5 Å². The van der Waals surface area contributed by atoms with Gasteiger partial charge in [0.25, 0.3) is 10.1 Å². The summed E-state index contributed by atoms with van der Waals surface area (Å²) < 4.78 is 33.0. The minimum Gasteiger partial charge on any atom is -0.494 e. The molecule has 7 heteroatoms. The first-order chi connectivity index (χ1) is 18.4. The van der Waals surface area contributed by atoms with E-state index in [4.69, 9.17) is 8.92 Å². The van der Waals surface area contributed by atoms with Crippen molar-refractivity contribution >= 4 is 21.7 Å². The zero-order chi connectivity index (χ0) is 27.5. The predicted molar refractivity (Wildman–Crippen MR) is 156 cm³/mol. The molecule has 0 radical (unpaired) electrons. The summed E-state index contributed by atoms with van der Waals surface area (Å²) in [5.41, 5.74) is 2.37. The molecule has 0 aliphatic heterocycles. The van der Waals surface area contributed by atoms with Gasteiger partial charge < -0.3 is 10.1 Å². The van der Waals surface area contributed by atoms with Crippen LogP contribution in [-0.4, -0.2) is 27.2 Å². The van der Waals surface area contributed by atoms with E-state index in [1.807, 2.05) is 24.3 Å². The van der Waals surface area contributed by atoms with Crippen LogP contribution in [0.1, 0.15) is 102 Å². The number of aryl methyl sites for hydroxylation is 1. The number of hydrogen-bond donors (Lipinski definition) is 1. The molecule has 0 saturated carbocycles. The average molecular weight is 546 g/mol. The van der Waals surface area contributed by atoms with E-state index in [9.17, 15) is 13.2 Å². The highest BCUT2D eigenvalue weighted by atomic mass is 32.2. The first-order valence-corrected chi connectivity index (χ1v) is 16.1. The van der Waals surface area contributed by atoms with Gasteiger partial charge in [0, 0.05) is 12.1 Å². The number of ether oxygens (including phenoxy) is 1. The van der Waals surface area contributed by atoms with Gasteiger partial charge in [0.2, 0.25) is 5.91 Å². The number of nitrogens with one attached hydrogen (secondary N) is 1. The molecule has 0 bridgehead atoms. The molecule has 0 unspecified atom stereocenters. The zero-order valence-corrected chi connectivity index (χ0v) is 24.2. The second-order valence-electron chi connectivity index (χ2n) is 10.1. The Kier molecular flexibility index (Phi) is 15.8. The lowest BCUT2D eigenvalue weighted by molar-refractivity contribution is -0.116. The van der Waals surface area contributed by atoms with Crippen molar-refractivity contribution in [2.24, 2.45) is 0 Å². The maximum absolute atomic E-state index is 12.4. The van der Waals surface area contributed by atoms with Crippen molar-refractivity contribution in [3.8, 4) is 5.75 Å². The number of carbonyl (C=O) groups is 1. The third-order valence-electron chi connectivity index (χ3n) is 6.48. The predicted octanol–water partition coefficient (Wildman–Crippen LogP) is 7.81. The smallest absolute Gasteiger partial charge is 0.264 e. The van der Waals surface area contributed by atoms with E-state index in [2.05, 4.69) is 12.2 Å². The summed E-state index contributed by atoms with van der Waals surface area (Å²) >= 11 is 0. The van der Waals surface area contributed by atoms with Gasteiger partial charge in [-0.25, -0.2) is 0 Å². The number of amides is 1. The van der Waals surface area contributed by atoms with Crippen LogP contribution in [0.2, 0.25) is 0 Å². The van der Waals surface area contributed by atoms with Gasteiger partial charge in [-0.3, -0.25) is 8.98 Å². The minimum atomic E-state index is -3.51. The van der Waals surface area contributed by atoms with Gasteiger partial charge in [0.1, 0.15) is 5.75 Å². The topological polar surface area (TPSA) is 81.7 Å². The fourth-order valence-corrected chi connectivity index (χ4v) is 4.63. The third-order valence-corrected chi connectivity index (χ3v) is 7.03. The molecule has 0 spiro atoms. The molecule has 1 amide bonds. The summed E-state index contributed by atoms with van der Waals surface area (Å²) in [6.45, 7) is 2.95. The Labute approximate surface area is 230 Å². The number of hydrogen-bond acceptors (Lipinski definition) is 5. The van der Waals surface area contributed by atoms with E-state index in [0.29, 0.717) is 24.1 Å². The second kappa shape index (κ2) is 18.8. The highest BCUT2D eigenvalue weighted by molar-refractivity contribution is 7.85. The highest BCUT2D eigenvalue weighted by Gasteiger charge is 2.07. The molecule has 38 heavy (non-hydrogen) atoms. The summed E-state index contributed by atoms with van der Waals surface area (Å²) in [5, 5.41) is 2.86. The lowest BCUT2D eigenvalue weighted by atomic mass is 10.1. The van der Waals surface area contributed by atoms with Crippen LogP contribution in [0.25, 0.3) is 0 Å². The first kappa shape index (κ1) is 31.8. The standard InChI is InChI=1S/C31H47NO5S/c1-3-4-5-6-7-8-9-10-11-12-13-14-24-36-30-21-18-27(19-22-30)20-23-31(33)32-29-17-15-16-28(25-29)26-37-38(2,34)35/h15-19,21-22,25H,3-14,20,23-24,26H2,1-2H3,(H,32,33). The Morgan fingerprint density at radius 3 is 2.00 bits per heavy atom. The molecular formula is C31H47NO5S. The van der Waals surface area contributed by atoms with Crippen LogP contribution in [0.5, 0.6) is 5.75 Å². The van der Waals surface area contributed by atoms with Crippen LogP contribution >= 0.6 is 0 Å². The summed E-state index contributed by atoms with van der Waals surface area (Å²) in [7, 11) is -3.51. The van der Waals surface area contributed by atoms with Crippen LogP contribution in [-0.2, 0) is 32.1 Å². The fourth-order valence-electron chi connectivity index (χ4n) is 4.28. The van der Waals surface area contributed by atoms with Gasteiger partial charge in [-0.1, -0.05) is 102 Å². The Hall–Kier alpha value is -2.38. The van der Waals surface area contributed by atoms with E-state index in [0.717, 1.165) is 30.6 Å². The van der Waals surface area contributed by atoms with Gasteiger partial charge in [-0.15, -0.1) is 0 Å². The second-order valence-corrected chi connectivity index (χ2v) is 11.7. The van der Waals surface area contributed by atoms with E-state index in [1.54, 1.807) is 24.3 Å². The minimum absolute atomic E-state index is 0.0593. The number of benzene rings is 2.